The summed E-state index contributed by atoms with van der Waals surface area (Å²) in [6.45, 7) is 7.22. The minimum absolute atomic E-state index is 0.0372. The van der Waals surface area contributed by atoms with E-state index in [9.17, 15) is 22.8 Å². The summed E-state index contributed by atoms with van der Waals surface area (Å²) in [5.41, 5.74) is 4.01. The van der Waals surface area contributed by atoms with Crippen molar-refractivity contribution in [2.45, 2.75) is 83.2 Å². The molecular formula is C37H46N4O5S. The number of hydrogen-bond donors (Lipinski definition) is 2. The van der Waals surface area contributed by atoms with Gasteiger partial charge in [-0.1, -0.05) is 69.5 Å². The lowest BCUT2D eigenvalue weighted by molar-refractivity contribution is -0.120. The molecule has 3 aromatic rings. The number of nitrogens with zero attached hydrogens (tertiary/aromatic N) is 2. The van der Waals surface area contributed by atoms with Crippen LogP contribution in [0, 0.1) is 18.8 Å². The van der Waals surface area contributed by atoms with Gasteiger partial charge in [-0.05, 0) is 79.5 Å². The van der Waals surface area contributed by atoms with Gasteiger partial charge in [0.1, 0.15) is 0 Å². The Morgan fingerprint density at radius 3 is 2.38 bits per heavy atom. The predicted octanol–water partition coefficient (Wildman–Crippen LogP) is 6.21. The first-order valence-electron chi connectivity index (χ1n) is 16.6. The summed E-state index contributed by atoms with van der Waals surface area (Å²) in [7, 11) is -2.07. The number of sulfonamides is 1. The van der Waals surface area contributed by atoms with Crippen LogP contribution in [0.2, 0.25) is 0 Å². The Kier molecular flexibility index (Phi) is 10.7. The molecule has 47 heavy (non-hydrogen) atoms. The number of fused-ring (bicyclic) bond motifs is 1. The van der Waals surface area contributed by atoms with Gasteiger partial charge in [0.2, 0.25) is 5.91 Å². The Labute approximate surface area is 278 Å². The zero-order chi connectivity index (χ0) is 33.7. The predicted molar refractivity (Wildman–Crippen MR) is 185 cm³/mol. The van der Waals surface area contributed by atoms with Crippen LogP contribution in [0.15, 0.2) is 71.6 Å². The van der Waals surface area contributed by atoms with Crippen molar-refractivity contribution in [1.82, 2.24) is 10.0 Å². The molecule has 10 heteroatoms. The lowest BCUT2D eigenvalue weighted by Crippen LogP contribution is -2.45. The van der Waals surface area contributed by atoms with Crippen LogP contribution in [-0.2, 0) is 21.4 Å². The summed E-state index contributed by atoms with van der Waals surface area (Å²) in [5, 5.41) is 3.09. The van der Waals surface area contributed by atoms with Crippen molar-refractivity contribution in [1.29, 1.82) is 0 Å². The summed E-state index contributed by atoms with van der Waals surface area (Å²) in [5.74, 6) is -0.591. The van der Waals surface area contributed by atoms with Crippen LogP contribution in [-0.4, -0.2) is 45.8 Å². The number of rotatable bonds is 12. The third kappa shape index (κ3) is 8.04. The molecule has 3 aromatic carbocycles. The highest BCUT2D eigenvalue weighted by molar-refractivity contribution is 7.90. The number of carbonyl (C=O) groups is 3. The topological polar surface area (TPSA) is 116 Å². The Bertz CT molecular complexity index is 1730. The Morgan fingerprint density at radius 2 is 1.68 bits per heavy atom. The zero-order valence-corrected chi connectivity index (χ0v) is 28.6. The molecule has 1 fully saturated rings. The maximum atomic E-state index is 13.9. The number of aryl methyl sites for hydroxylation is 1. The van der Waals surface area contributed by atoms with E-state index in [1.807, 2.05) is 37.4 Å². The number of amides is 3. The van der Waals surface area contributed by atoms with Crippen LogP contribution in [0.3, 0.4) is 0 Å². The molecule has 3 amide bonds. The van der Waals surface area contributed by atoms with Crippen LogP contribution in [0.25, 0.3) is 0 Å². The van der Waals surface area contributed by atoms with E-state index in [0.29, 0.717) is 34.8 Å². The zero-order valence-electron chi connectivity index (χ0n) is 27.8. The van der Waals surface area contributed by atoms with Crippen molar-refractivity contribution >= 4 is 39.1 Å². The van der Waals surface area contributed by atoms with Crippen molar-refractivity contribution in [3.05, 3.63) is 89.0 Å². The first kappa shape index (κ1) is 34.2. The van der Waals surface area contributed by atoms with E-state index < -0.39 is 22.0 Å². The third-order valence-corrected chi connectivity index (χ3v) is 10.9. The lowest BCUT2D eigenvalue weighted by atomic mass is 9.82. The fourth-order valence-electron chi connectivity index (χ4n) is 6.65. The van der Waals surface area contributed by atoms with E-state index in [1.165, 1.54) is 6.07 Å². The minimum atomic E-state index is -4.07. The van der Waals surface area contributed by atoms with E-state index in [2.05, 4.69) is 28.8 Å². The van der Waals surface area contributed by atoms with Gasteiger partial charge in [0.15, 0.2) is 0 Å². The van der Waals surface area contributed by atoms with Gasteiger partial charge in [-0.25, -0.2) is 13.1 Å². The Hall–Kier alpha value is -4.18. The smallest absolute Gasteiger partial charge is 0.264 e. The van der Waals surface area contributed by atoms with Crippen LogP contribution in [0.1, 0.15) is 90.6 Å². The molecule has 0 aromatic heterocycles. The Balaban J connectivity index is 1.40. The third-order valence-electron chi connectivity index (χ3n) is 9.37. The van der Waals surface area contributed by atoms with Gasteiger partial charge in [-0.3, -0.25) is 14.4 Å². The number of benzene rings is 3. The van der Waals surface area contributed by atoms with E-state index in [4.69, 9.17) is 0 Å². The molecule has 2 N–H and O–H groups in total. The fraction of sp³-hybridized carbons (Fsp3) is 0.432. The highest BCUT2D eigenvalue weighted by Crippen LogP contribution is 2.36. The molecule has 5 rings (SSSR count). The van der Waals surface area contributed by atoms with Crippen molar-refractivity contribution in [2.24, 2.45) is 11.8 Å². The average Bonchev–Trinajstić information content (AvgIpc) is 3.39. The van der Waals surface area contributed by atoms with Gasteiger partial charge in [0.25, 0.3) is 21.8 Å². The molecule has 1 unspecified atom stereocenters. The van der Waals surface area contributed by atoms with Gasteiger partial charge in [-0.2, -0.15) is 0 Å². The molecule has 1 saturated carbocycles. The van der Waals surface area contributed by atoms with E-state index in [0.717, 1.165) is 56.3 Å². The van der Waals surface area contributed by atoms with E-state index in [1.54, 1.807) is 42.2 Å². The van der Waals surface area contributed by atoms with Gasteiger partial charge in [0, 0.05) is 37.2 Å². The molecule has 250 valence electrons. The molecule has 1 aliphatic heterocycles. The van der Waals surface area contributed by atoms with Crippen LogP contribution in [0.4, 0.5) is 11.4 Å². The number of anilines is 2. The van der Waals surface area contributed by atoms with E-state index >= 15 is 0 Å². The van der Waals surface area contributed by atoms with Crippen LogP contribution >= 0.6 is 0 Å². The largest absolute Gasteiger partial charge is 0.373 e. The summed E-state index contributed by atoms with van der Waals surface area (Å²) in [6, 6.07) is 18.9. The average molecular weight is 659 g/mol. The second-order valence-electron chi connectivity index (χ2n) is 13.3. The summed E-state index contributed by atoms with van der Waals surface area (Å²) < 4.78 is 28.3. The number of carbonyl (C=O) groups excluding carboxylic acids is 3. The molecule has 9 nitrogen and oxygen atoms in total. The quantitative estimate of drug-likeness (QED) is 0.239. The number of nitrogens with one attached hydrogen (secondary N) is 2. The second-order valence-corrected chi connectivity index (χ2v) is 15.0. The molecule has 0 radical (unpaired) electrons. The van der Waals surface area contributed by atoms with E-state index in [-0.39, 0.29) is 29.0 Å². The number of hydrogen-bond acceptors (Lipinski definition) is 6. The lowest BCUT2D eigenvalue weighted by Gasteiger charge is -2.31. The Morgan fingerprint density at radius 1 is 0.979 bits per heavy atom. The molecule has 1 heterocycles. The van der Waals surface area contributed by atoms with Gasteiger partial charge < -0.3 is 15.1 Å². The normalized spacial score (nSPS) is 15.8. The highest BCUT2D eigenvalue weighted by atomic mass is 32.2. The monoisotopic (exact) mass is 658 g/mol. The standard InChI is InChI=1S/C37H46N4O5S/c1-25(2)20-21-40(4)32-19-18-28(22-33(32)41-24-29-15-9-10-16-30(29)37(41)44)36(43)38-31(27-13-6-5-7-14-27)23-35(42)39-47(45,46)34-17-11-8-12-26(34)3/h8-12,15-19,22,25,27,31H,5-7,13-14,20-21,23-24H2,1-4H3,(H,38,43)(H,39,42). The maximum absolute atomic E-state index is 13.9. The maximum Gasteiger partial charge on any atom is 0.264 e. The first-order valence-corrected chi connectivity index (χ1v) is 18.1. The highest BCUT2D eigenvalue weighted by Gasteiger charge is 2.33. The summed E-state index contributed by atoms with van der Waals surface area (Å²) in [6.07, 6.45) is 5.55. The molecule has 2 aliphatic rings. The SMILES string of the molecule is Cc1ccccc1S(=O)(=O)NC(=O)CC(NC(=O)c1ccc(N(C)CCC(C)C)c(N2Cc3ccccc3C2=O)c1)C1CCCCC1. The second kappa shape index (κ2) is 14.7. The van der Waals surface area contributed by atoms with Crippen molar-refractivity contribution in [3.63, 3.8) is 0 Å². The van der Waals surface area contributed by atoms with Crippen LogP contribution < -0.4 is 19.8 Å². The molecule has 0 spiro atoms. The molecule has 0 bridgehead atoms. The molecular weight excluding hydrogens is 612 g/mol. The van der Waals surface area contributed by atoms with Crippen molar-refractivity contribution < 1.29 is 22.8 Å². The van der Waals surface area contributed by atoms with Gasteiger partial charge in [-0.15, -0.1) is 0 Å². The van der Waals surface area contributed by atoms with Crippen molar-refractivity contribution in [3.8, 4) is 0 Å². The summed E-state index contributed by atoms with van der Waals surface area (Å²) in [4.78, 5) is 44.6. The first-order chi connectivity index (χ1) is 22.4. The fourth-order valence-corrected chi connectivity index (χ4v) is 7.90. The van der Waals surface area contributed by atoms with Gasteiger partial charge in [0.05, 0.1) is 22.8 Å². The van der Waals surface area contributed by atoms with Gasteiger partial charge >= 0.3 is 0 Å². The van der Waals surface area contributed by atoms with Crippen molar-refractivity contribution in [2.75, 3.05) is 23.4 Å². The van der Waals surface area contributed by atoms with Crippen LogP contribution in [0.5, 0.6) is 0 Å². The molecule has 0 saturated heterocycles. The molecule has 1 aliphatic carbocycles. The summed E-state index contributed by atoms with van der Waals surface area (Å²) >= 11 is 0. The molecule has 1 atom stereocenters. The minimum Gasteiger partial charge on any atom is -0.373 e.